The van der Waals surface area contributed by atoms with Crippen LogP contribution in [0.1, 0.15) is 22.0 Å². The van der Waals surface area contributed by atoms with Gasteiger partial charge in [0, 0.05) is 12.6 Å². The van der Waals surface area contributed by atoms with Crippen molar-refractivity contribution < 1.29 is 17.9 Å². The highest BCUT2D eigenvalue weighted by molar-refractivity contribution is 7.89. The van der Waals surface area contributed by atoms with Crippen LogP contribution in [0.25, 0.3) is 0 Å². The second-order valence-corrected chi connectivity index (χ2v) is 7.18. The van der Waals surface area contributed by atoms with Crippen LogP contribution in [0.15, 0.2) is 53.4 Å². The van der Waals surface area contributed by atoms with Crippen molar-refractivity contribution in [2.45, 2.75) is 10.9 Å². The second-order valence-electron chi connectivity index (χ2n) is 5.00. The lowest BCUT2D eigenvalue weighted by molar-refractivity contribution is 0.0601. The van der Waals surface area contributed by atoms with Crippen molar-refractivity contribution in [3.05, 3.63) is 64.7 Å². The zero-order valence-corrected chi connectivity index (χ0v) is 14.5. The molecule has 0 fully saturated rings. The second kappa shape index (κ2) is 7.76. The first-order chi connectivity index (χ1) is 11.3. The SMILES string of the molecule is COC(=O)c1ccc(S(=O)(=O)NC[C@@H](N)c2ccccc2)cc1Cl. The summed E-state index contributed by atoms with van der Waals surface area (Å²) in [5.74, 6) is -0.636. The van der Waals surface area contributed by atoms with Gasteiger partial charge in [-0.3, -0.25) is 0 Å². The van der Waals surface area contributed by atoms with Crippen LogP contribution in [0.4, 0.5) is 0 Å². The summed E-state index contributed by atoms with van der Waals surface area (Å²) < 4.78 is 31.7. The molecule has 0 unspecified atom stereocenters. The molecule has 6 nitrogen and oxygen atoms in total. The molecule has 0 saturated carbocycles. The molecule has 1 atom stereocenters. The van der Waals surface area contributed by atoms with Crippen molar-refractivity contribution in [2.24, 2.45) is 5.73 Å². The summed E-state index contributed by atoms with van der Waals surface area (Å²) in [7, 11) is -2.58. The highest BCUT2D eigenvalue weighted by atomic mass is 35.5. The van der Waals surface area contributed by atoms with Gasteiger partial charge in [-0.2, -0.15) is 0 Å². The number of carbonyl (C=O) groups excluding carboxylic acids is 1. The van der Waals surface area contributed by atoms with Crippen LogP contribution in [0.3, 0.4) is 0 Å². The van der Waals surface area contributed by atoms with Crippen molar-refractivity contribution >= 4 is 27.6 Å². The van der Waals surface area contributed by atoms with E-state index in [9.17, 15) is 13.2 Å². The Bertz CT molecular complexity index is 825. The third-order valence-electron chi connectivity index (χ3n) is 3.38. The van der Waals surface area contributed by atoms with E-state index in [-0.39, 0.29) is 22.0 Å². The Morgan fingerprint density at radius 1 is 1.25 bits per heavy atom. The standard InChI is InChI=1S/C16H17ClN2O4S/c1-23-16(20)13-8-7-12(9-14(13)17)24(21,22)19-10-15(18)11-5-3-2-4-6-11/h2-9,15,19H,10,18H2,1H3/t15-/m1/s1. The number of ether oxygens (including phenoxy) is 1. The van der Waals surface area contributed by atoms with Crippen LogP contribution in [0, 0.1) is 0 Å². The summed E-state index contributed by atoms with van der Waals surface area (Å²) in [6.45, 7) is 0.0305. The van der Waals surface area contributed by atoms with Gasteiger partial charge in [-0.1, -0.05) is 41.9 Å². The van der Waals surface area contributed by atoms with Gasteiger partial charge < -0.3 is 10.5 Å². The third-order valence-corrected chi connectivity index (χ3v) is 5.11. The Kier molecular flexibility index (Phi) is 5.95. The molecule has 3 N–H and O–H groups in total. The van der Waals surface area contributed by atoms with Crippen LogP contribution in [0.5, 0.6) is 0 Å². The number of methoxy groups -OCH3 is 1. The van der Waals surface area contributed by atoms with E-state index in [1.54, 1.807) is 0 Å². The molecule has 0 amide bonds. The molecular weight excluding hydrogens is 352 g/mol. The maximum absolute atomic E-state index is 12.3. The highest BCUT2D eigenvalue weighted by Gasteiger charge is 2.19. The Morgan fingerprint density at radius 2 is 1.92 bits per heavy atom. The van der Waals surface area contributed by atoms with E-state index in [2.05, 4.69) is 9.46 Å². The molecule has 0 heterocycles. The molecule has 0 aromatic heterocycles. The third kappa shape index (κ3) is 4.33. The first-order valence-corrected chi connectivity index (χ1v) is 8.89. The summed E-state index contributed by atoms with van der Waals surface area (Å²) in [6, 6.07) is 12.5. The molecule has 2 aromatic rings. The fraction of sp³-hybridized carbons (Fsp3) is 0.188. The monoisotopic (exact) mass is 368 g/mol. The van der Waals surface area contributed by atoms with Crippen molar-refractivity contribution in [1.29, 1.82) is 0 Å². The van der Waals surface area contributed by atoms with Gasteiger partial charge in [-0.25, -0.2) is 17.9 Å². The number of nitrogens with two attached hydrogens (primary N) is 1. The van der Waals surface area contributed by atoms with E-state index in [0.717, 1.165) is 5.56 Å². The van der Waals surface area contributed by atoms with Crippen LogP contribution in [-0.2, 0) is 14.8 Å². The Morgan fingerprint density at radius 3 is 2.50 bits per heavy atom. The molecule has 0 bridgehead atoms. The minimum absolute atomic E-state index is 0.00270. The van der Waals surface area contributed by atoms with Crippen molar-refractivity contribution in [2.75, 3.05) is 13.7 Å². The quantitative estimate of drug-likeness (QED) is 0.761. The molecule has 0 saturated heterocycles. The Hall–Kier alpha value is -1.93. The van der Waals surface area contributed by atoms with Crippen molar-refractivity contribution in [1.82, 2.24) is 4.72 Å². The zero-order valence-electron chi connectivity index (χ0n) is 12.9. The normalized spacial score (nSPS) is 12.6. The van der Waals surface area contributed by atoms with E-state index in [1.165, 1.54) is 25.3 Å². The van der Waals surface area contributed by atoms with E-state index in [4.69, 9.17) is 17.3 Å². The molecular formula is C16H17ClN2O4S. The number of esters is 1. The van der Waals surface area contributed by atoms with Crippen LogP contribution in [0.2, 0.25) is 5.02 Å². The van der Waals surface area contributed by atoms with Gasteiger partial charge in [-0.15, -0.1) is 0 Å². The number of rotatable bonds is 6. The average molecular weight is 369 g/mol. The summed E-state index contributed by atoms with van der Waals surface area (Å²) in [5.41, 5.74) is 6.89. The van der Waals surface area contributed by atoms with E-state index in [1.807, 2.05) is 30.3 Å². The first kappa shape index (κ1) is 18.4. The number of nitrogens with one attached hydrogen (secondary N) is 1. The van der Waals surface area contributed by atoms with Gasteiger partial charge in [0.2, 0.25) is 10.0 Å². The van der Waals surface area contributed by atoms with Crippen LogP contribution < -0.4 is 10.5 Å². The Labute approximate surface area is 145 Å². The van der Waals surface area contributed by atoms with Crippen LogP contribution >= 0.6 is 11.6 Å². The van der Waals surface area contributed by atoms with Gasteiger partial charge in [0.25, 0.3) is 0 Å². The smallest absolute Gasteiger partial charge is 0.339 e. The fourth-order valence-electron chi connectivity index (χ4n) is 2.04. The lowest BCUT2D eigenvalue weighted by Gasteiger charge is -2.14. The average Bonchev–Trinajstić information content (AvgIpc) is 2.59. The summed E-state index contributed by atoms with van der Waals surface area (Å²) in [5, 5.41) is -0.00270. The predicted molar refractivity (Wildman–Crippen MR) is 91.4 cm³/mol. The maximum Gasteiger partial charge on any atom is 0.339 e. The molecule has 24 heavy (non-hydrogen) atoms. The van der Waals surface area contributed by atoms with E-state index >= 15 is 0 Å². The minimum Gasteiger partial charge on any atom is -0.465 e. The summed E-state index contributed by atoms with van der Waals surface area (Å²) in [6.07, 6.45) is 0. The van der Waals surface area contributed by atoms with Gasteiger partial charge in [0.15, 0.2) is 0 Å². The number of halogens is 1. The van der Waals surface area contributed by atoms with Crippen molar-refractivity contribution in [3.63, 3.8) is 0 Å². The van der Waals surface area contributed by atoms with E-state index in [0.29, 0.717) is 0 Å². The molecule has 8 heteroatoms. The Balaban J connectivity index is 2.13. The van der Waals surface area contributed by atoms with Gasteiger partial charge >= 0.3 is 5.97 Å². The lowest BCUT2D eigenvalue weighted by atomic mass is 10.1. The zero-order chi connectivity index (χ0) is 17.7. The van der Waals surface area contributed by atoms with E-state index < -0.39 is 22.0 Å². The van der Waals surface area contributed by atoms with Gasteiger partial charge in [0.1, 0.15) is 0 Å². The van der Waals surface area contributed by atoms with Gasteiger partial charge in [0.05, 0.1) is 22.6 Å². The number of carbonyl (C=O) groups is 1. The molecule has 0 aliphatic carbocycles. The predicted octanol–water partition coefficient (Wildman–Crippen LogP) is 2.10. The number of hydrogen-bond donors (Lipinski definition) is 2. The molecule has 0 aliphatic heterocycles. The molecule has 0 spiro atoms. The fourth-order valence-corrected chi connectivity index (χ4v) is 3.45. The summed E-state index contributed by atoms with van der Waals surface area (Å²) in [4.78, 5) is 11.4. The van der Waals surface area contributed by atoms with Crippen LogP contribution in [-0.4, -0.2) is 28.0 Å². The molecule has 0 aliphatic rings. The molecule has 2 aromatic carbocycles. The molecule has 128 valence electrons. The number of hydrogen-bond acceptors (Lipinski definition) is 5. The largest absolute Gasteiger partial charge is 0.465 e. The topological polar surface area (TPSA) is 98.5 Å². The summed E-state index contributed by atoms with van der Waals surface area (Å²) >= 11 is 5.95. The maximum atomic E-state index is 12.3. The molecule has 2 rings (SSSR count). The number of benzene rings is 2. The number of sulfonamides is 1. The van der Waals surface area contributed by atoms with Crippen molar-refractivity contribution in [3.8, 4) is 0 Å². The first-order valence-electron chi connectivity index (χ1n) is 7.03. The minimum atomic E-state index is -3.80. The highest BCUT2D eigenvalue weighted by Crippen LogP contribution is 2.21. The molecule has 0 radical (unpaired) electrons. The van der Waals surface area contributed by atoms with Gasteiger partial charge in [-0.05, 0) is 23.8 Å². The lowest BCUT2D eigenvalue weighted by Crippen LogP contribution is -2.32.